The molecule has 1 N–H and O–H groups in total. The van der Waals surface area contributed by atoms with Gasteiger partial charge in [0, 0.05) is 7.05 Å². The molecule has 7 heteroatoms. The maximum atomic E-state index is 8.95. The number of rotatable bonds is 2. The van der Waals surface area contributed by atoms with Crippen LogP contribution in [0.5, 0.6) is 0 Å². The van der Waals surface area contributed by atoms with Gasteiger partial charge in [0.1, 0.15) is 18.4 Å². The molecule has 86 valence electrons. The Labute approximate surface area is 97.7 Å². The minimum atomic E-state index is 0.429. The molecule has 2 aromatic rings. The number of carbonyl (C=O) groups excluding carboxylic acids is 1. The summed E-state index contributed by atoms with van der Waals surface area (Å²) < 4.78 is 0. The van der Waals surface area contributed by atoms with Crippen LogP contribution in [0.1, 0.15) is 5.56 Å². The highest BCUT2D eigenvalue weighted by Crippen LogP contribution is 2.13. The molecule has 0 amide bonds. The van der Waals surface area contributed by atoms with Crippen LogP contribution in [0.2, 0.25) is 0 Å². The van der Waals surface area contributed by atoms with Gasteiger partial charge in [0.25, 0.3) is 0 Å². The van der Waals surface area contributed by atoms with Crippen molar-refractivity contribution < 1.29 is 4.79 Å². The monoisotopic (exact) mass is 230 g/mol. The van der Waals surface area contributed by atoms with Gasteiger partial charge in [-0.15, -0.1) is 4.80 Å². The van der Waals surface area contributed by atoms with E-state index in [4.69, 9.17) is 10.1 Å². The van der Waals surface area contributed by atoms with Crippen LogP contribution in [0.15, 0.2) is 24.7 Å². The molecule has 0 spiro atoms. The number of nitrogens with zero attached hydrogens (tertiary/aromatic N) is 5. The SMILES string of the molecule is C=O.CNc1cnc(-n2nccn2)c(C#N)c1. The third-order valence-corrected chi connectivity index (χ3v) is 1.88. The molecule has 0 radical (unpaired) electrons. The molecule has 2 rings (SSSR count). The summed E-state index contributed by atoms with van der Waals surface area (Å²) >= 11 is 0. The first-order chi connectivity index (χ1) is 8.35. The molecule has 2 aromatic heterocycles. The van der Waals surface area contributed by atoms with Crippen molar-refractivity contribution in [2.24, 2.45) is 0 Å². The van der Waals surface area contributed by atoms with E-state index in [1.54, 1.807) is 19.3 Å². The Bertz CT molecular complexity index is 516. The van der Waals surface area contributed by atoms with E-state index in [2.05, 4.69) is 26.6 Å². The summed E-state index contributed by atoms with van der Waals surface area (Å²) in [6, 6.07) is 3.76. The second-order valence-electron chi connectivity index (χ2n) is 2.78. The van der Waals surface area contributed by atoms with Gasteiger partial charge in [-0.05, 0) is 6.07 Å². The number of aromatic nitrogens is 4. The van der Waals surface area contributed by atoms with Gasteiger partial charge in [-0.3, -0.25) is 0 Å². The van der Waals surface area contributed by atoms with Crippen molar-refractivity contribution in [2.75, 3.05) is 12.4 Å². The fourth-order valence-corrected chi connectivity index (χ4v) is 1.16. The van der Waals surface area contributed by atoms with Gasteiger partial charge < -0.3 is 10.1 Å². The minimum absolute atomic E-state index is 0.429. The van der Waals surface area contributed by atoms with Gasteiger partial charge in [-0.25, -0.2) is 4.98 Å². The normalized spacial score (nSPS) is 8.71. The molecule has 0 unspecified atom stereocenters. The van der Waals surface area contributed by atoms with E-state index in [9.17, 15) is 0 Å². The van der Waals surface area contributed by atoms with Gasteiger partial charge in [0.15, 0.2) is 5.82 Å². The first-order valence-electron chi connectivity index (χ1n) is 4.58. The Kier molecular flexibility index (Phi) is 4.33. The number of carbonyl (C=O) groups is 1. The lowest BCUT2D eigenvalue weighted by Gasteiger charge is -2.03. The lowest BCUT2D eigenvalue weighted by molar-refractivity contribution is -0.0979. The lowest BCUT2D eigenvalue weighted by Crippen LogP contribution is -2.05. The summed E-state index contributed by atoms with van der Waals surface area (Å²) in [5.41, 5.74) is 1.21. The molecule has 0 aromatic carbocycles. The van der Waals surface area contributed by atoms with E-state index in [1.165, 1.54) is 17.2 Å². The molecule has 17 heavy (non-hydrogen) atoms. The largest absolute Gasteiger partial charge is 0.387 e. The Morgan fingerprint density at radius 3 is 2.59 bits per heavy atom. The zero-order chi connectivity index (χ0) is 12.7. The number of anilines is 1. The van der Waals surface area contributed by atoms with Crippen LogP contribution in [0, 0.1) is 11.3 Å². The van der Waals surface area contributed by atoms with Crippen LogP contribution >= 0.6 is 0 Å². The predicted octanol–water partition coefficient (Wildman–Crippen LogP) is 0.391. The van der Waals surface area contributed by atoms with Crippen molar-refractivity contribution in [3.05, 3.63) is 30.2 Å². The maximum absolute atomic E-state index is 8.95. The number of hydrogen-bond donors (Lipinski definition) is 1. The molecular weight excluding hydrogens is 220 g/mol. The summed E-state index contributed by atoms with van der Waals surface area (Å²) in [6.07, 6.45) is 4.70. The van der Waals surface area contributed by atoms with E-state index in [1.807, 2.05) is 6.79 Å². The Morgan fingerprint density at radius 1 is 1.41 bits per heavy atom. The molecule has 2 heterocycles. The molecule has 0 saturated heterocycles. The molecule has 0 aliphatic carbocycles. The highest BCUT2D eigenvalue weighted by Gasteiger charge is 2.07. The van der Waals surface area contributed by atoms with E-state index in [-0.39, 0.29) is 0 Å². The summed E-state index contributed by atoms with van der Waals surface area (Å²) in [5, 5.41) is 19.7. The highest BCUT2D eigenvalue weighted by atomic mass is 16.1. The van der Waals surface area contributed by atoms with Crippen molar-refractivity contribution in [3.8, 4) is 11.9 Å². The molecular formula is C10H10N6O. The van der Waals surface area contributed by atoms with Gasteiger partial charge in [0.05, 0.1) is 24.3 Å². The average molecular weight is 230 g/mol. The van der Waals surface area contributed by atoms with Crippen molar-refractivity contribution in [2.45, 2.75) is 0 Å². The standard InChI is InChI=1S/C9H8N6.CH2O/c1-11-8-4-7(5-10)9(12-6-8)15-13-2-3-14-15;1-2/h2-4,6,11H,1H3;1H2. The zero-order valence-corrected chi connectivity index (χ0v) is 9.16. The maximum Gasteiger partial charge on any atom is 0.192 e. The highest BCUT2D eigenvalue weighted by molar-refractivity contribution is 5.52. The smallest absolute Gasteiger partial charge is 0.192 e. The van der Waals surface area contributed by atoms with Crippen molar-refractivity contribution >= 4 is 12.5 Å². The number of pyridine rings is 1. The molecule has 0 bridgehead atoms. The molecule has 0 aliphatic heterocycles. The van der Waals surface area contributed by atoms with Crippen LogP contribution in [-0.4, -0.2) is 33.8 Å². The van der Waals surface area contributed by atoms with Crippen LogP contribution in [0.25, 0.3) is 5.82 Å². The van der Waals surface area contributed by atoms with Crippen LogP contribution < -0.4 is 5.32 Å². The topological polar surface area (TPSA) is 96.5 Å². The quantitative estimate of drug-likeness (QED) is 0.801. The van der Waals surface area contributed by atoms with Crippen molar-refractivity contribution in [3.63, 3.8) is 0 Å². The molecule has 7 nitrogen and oxygen atoms in total. The fourth-order valence-electron chi connectivity index (χ4n) is 1.16. The summed E-state index contributed by atoms with van der Waals surface area (Å²) in [4.78, 5) is 13.4. The second-order valence-corrected chi connectivity index (χ2v) is 2.78. The van der Waals surface area contributed by atoms with E-state index in [0.29, 0.717) is 11.4 Å². The molecule has 0 saturated carbocycles. The van der Waals surface area contributed by atoms with Crippen LogP contribution in [0.3, 0.4) is 0 Å². The van der Waals surface area contributed by atoms with Gasteiger partial charge in [-0.1, -0.05) is 0 Å². The van der Waals surface area contributed by atoms with Crippen LogP contribution in [-0.2, 0) is 4.79 Å². The summed E-state index contributed by atoms with van der Waals surface area (Å²) in [6.45, 7) is 2.00. The number of nitriles is 1. The first-order valence-corrected chi connectivity index (χ1v) is 4.58. The van der Waals surface area contributed by atoms with Gasteiger partial charge in [0.2, 0.25) is 0 Å². The fraction of sp³-hybridized carbons (Fsp3) is 0.100. The predicted molar refractivity (Wildman–Crippen MR) is 60.5 cm³/mol. The average Bonchev–Trinajstić information content (AvgIpc) is 2.94. The minimum Gasteiger partial charge on any atom is -0.387 e. The Balaban J connectivity index is 0.000000686. The van der Waals surface area contributed by atoms with E-state index in [0.717, 1.165) is 5.69 Å². The lowest BCUT2D eigenvalue weighted by atomic mass is 10.2. The van der Waals surface area contributed by atoms with Gasteiger partial charge in [-0.2, -0.15) is 15.5 Å². The Hall–Kier alpha value is -2.75. The van der Waals surface area contributed by atoms with E-state index < -0.39 is 0 Å². The van der Waals surface area contributed by atoms with Crippen LogP contribution in [0.4, 0.5) is 5.69 Å². The molecule has 0 atom stereocenters. The van der Waals surface area contributed by atoms with Crippen molar-refractivity contribution in [1.82, 2.24) is 20.0 Å². The summed E-state index contributed by atoms with van der Waals surface area (Å²) in [5.74, 6) is 0.432. The first kappa shape index (κ1) is 12.3. The number of hydrogen-bond acceptors (Lipinski definition) is 6. The third-order valence-electron chi connectivity index (χ3n) is 1.88. The molecule has 0 fully saturated rings. The molecule has 0 aliphatic rings. The van der Waals surface area contributed by atoms with E-state index >= 15 is 0 Å². The second kappa shape index (κ2) is 5.97. The number of nitrogens with one attached hydrogen (secondary N) is 1. The third kappa shape index (κ3) is 2.63. The zero-order valence-electron chi connectivity index (χ0n) is 9.16. The van der Waals surface area contributed by atoms with Crippen molar-refractivity contribution in [1.29, 1.82) is 5.26 Å². The Morgan fingerprint density at radius 2 is 2.06 bits per heavy atom. The summed E-state index contributed by atoms with van der Waals surface area (Å²) in [7, 11) is 1.77. The van der Waals surface area contributed by atoms with Gasteiger partial charge >= 0.3 is 0 Å².